The molecule has 94 valence electrons. The maximum Gasteiger partial charge on any atom is 0.222 e. The monoisotopic (exact) mass is 243 g/mol. The summed E-state index contributed by atoms with van der Waals surface area (Å²) in [5.41, 5.74) is 7.78. The molecular formula is C14H17N3O. The van der Waals surface area contributed by atoms with Crippen molar-refractivity contribution in [2.45, 2.75) is 31.8 Å². The van der Waals surface area contributed by atoms with Crippen LogP contribution in [0.2, 0.25) is 0 Å². The number of amides is 1. The SMILES string of the molecule is Nc1cccc2c1ccn2CCC(=O)NC1CC1. The Morgan fingerprint density at radius 3 is 3.00 bits per heavy atom. The third kappa shape index (κ3) is 2.18. The molecule has 1 saturated carbocycles. The number of nitrogen functional groups attached to an aromatic ring is 1. The highest BCUT2D eigenvalue weighted by molar-refractivity contribution is 5.91. The van der Waals surface area contributed by atoms with Crippen LogP contribution < -0.4 is 11.1 Å². The van der Waals surface area contributed by atoms with E-state index in [4.69, 9.17) is 5.73 Å². The van der Waals surface area contributed by atoms with Crippen LogP contribution in [0.4, 0.5) is 5.69 Å². The normalized spacial score (nSPS) is 14.9. The molecule has 0 radical (unpaired) electrons. The van der Waals surface area contributed by atoms with E-state index in [0.717, 1.165) is 29.4 Å². The summed E-state index contributed by atoms with van der Waals surface area (Å²) < 4.78 is 2.08. The Hall–Kier alpha value is -1.97. The van der Waals surface area contributed by atoms with Gasteiger partial charge in [-0.1, -0.05) is 6.07 Å². The van der Waals surface area contributed by atoms with E-state index >= 15 is 0 Å². The minimum atomic E-state index is 0.142. The van der Waals surface area contributed by atoms with Gasteiger partial charge in [-0.2, -0.15) is 0 Å². The highest BCUT2D eigenvalue weighted by Gasteiger charge is 2.22. The number of nitrogens with two attached hydrogens (primary N) is 1. The standard InChI is InChI=1S/C14H17N3O/c15-12-2-1-3-13-11(12)6-8-17(13)9-7-14(18)16-10-4-5-10/h1-3,6,8,10H,4-5,7,9,15H2,(H,16,18). The molecule has 0 unspecified atom stereocenters. The smallest absolute Gasteiger partial charge is 0.222 e. The van der Waals surface area contributed by atoms with Crippen LogP contribution in [0.3, 0.4) is 0 Å². The molecule has 1 amide bonds. The lowest BCUT2D eigenvalue weighted by Crippen LogP contribution is -2.26. The first-order valence-electron chi connectivity index (χ1n) is 6.37. The molecule has 1 aliphatic carbocycles. The Bertz CT molecular complexity index is 584. The molecule has 3 rings (SSSR count). The van der Waals surface area contributed by atoms with Crippen LogP contribution in [0.1, 0.15) is 19.3 Å². The number of nitrogens with zero attached hydrogens (tertiary/aromatic N) is 1. The average molecular weight is 243 g/mol. The third-order valence-corrected chi connectivity index (χ3v) is 3.37. The van der Waals surface area contributed by atoms with Gasteiger partial charge in [-0.3, -0.25) is 4.79 Å². The van der Waals surface area contributed by atoms with E-state index in [-0.39, 0.29) is 5.91 Å². The minimum Gasteiger partial charge on any atom is -0.398 e. The van der Waals surface area contributed by atoms with Crippen molar-refractivity contribution in [3.8, 4) is 0 Å². The fourth-order valence-electron chi connectivity index (χ4n) is 2.19. The van der Waals surface area contributed by atoms with Gasteiger partial charge in [-0.05, 0) is 31.0 Å². The van der Waals surface area contributed by atoms with Gasteiger partial charge in [0.25, 0.3) is 0 Å². The number of carbonyl (C=O) groups excluding carboxylic acids is 1. The molecule has 18 heavy (non-hydrogen) atoms. The summed E-state index contributed by atoms with van der Waals surface area (Å²) in [5, 5.41) is 4.05. The summed E-state index contributed by atoms with van der Waals surface area (Å²) in [5.74, 6) is 0.142. The van der Waals surface area contributed by atoms with Crippen LogP contribution >= 0.6 is 0 Å². The number of fused-ring (bicyclic) bond motifs is 1. The summed E-state index contributed by atoms with van der Waals surface area (Å²) in [4.78, 5) is 11.6. The van der Waals surface area contributed by atoms with Gasteiger partial charge in [0.1, 0.15) is 0 Å². The number of aromatic nitrogens is 1. The van der Waals surface area contributed by atoms with Crippen molar-refractivity contribution < 1.29 is 4.79 Å². The molecule has 2 aromatic rings. The average Bonchev–Trinajstić information content (AvgIpc) is 3.06. The van der Waals surface area contributed by atoms with Crippen LogP contribution in [-0.4, -0.2) is 16.5 Å². The Labute approximate surface area is 106 Å². The summed E-state index contributed by atoms with van der Waals surface area (Å²) in [7, 11) is 0. The zero-order valence-electron chi connectivity index (χ0n) is 10.2. The first kappa shape index (κ1) is 11.1. The quantitative estimate of drug-likeness (QED) is 0.806. The van der Waals surface area contributed by atoms with E-state index in [1.165, 1.54) is 0 Å². The van der Waals surface area contributed by atoms with Crippen LogP contribution in [-0.2, 0) is 11.3 Å². The van der Waals surface area contributed by atoms with Crippen LogP contribution in [0.5, 0.6) is 0 Å². The summed E-state index contributed by atoms with van der Waals surface area (Å²) >= 11 is 0. The molecule has 4 heteroatoms. The molecular weight excluding hydrogens is 226 g/mol. The second kappa shape index (κ2) is 4.37. The third-order valence-electron chi connectivity index (χ3n) is 3.37. The number of hydrogen-bond acceptors (Lipinski definition) is 2. The zero-order chi connectivity index (χ0) is 12.5. The lowest BCUT2D eigenvalue weighted by atomic mass is 10.2. The fourth-order valence-corrected chi connectivity index (χ4v) is 2.19. The summed E-state index contributed by atoms with van der Waals surface area (Å²) in [6.45, 7) is 0.700. The van der Waals surface area contributed by atoms with Crippen molar-refractivity contribution in [1.29, 1.82) is 0 Å². The Balaban J connectivity index is 1.70. The molecule has 1 aromatic carbocycles. The maximum absolute atomic E-state index is 11.6. The molecule has 0 spiro atoms. The zero-order valence-corrected chi connectivity index (χ0v) is 10.2. The molecule has 0 saturated heterocycles. The van der Waals surface area contributed by atoms with Crippen molar-refractivity contribution in [3.05, 3.63) is 30.5 Å². The van der Waals surface area contributed by atoms with Gasteiger partial charge in [0.05, 0.1) is 5.52 Å². The number of nitrogens with one attached hydrogen (secondary N) is 1. The first-order chi connectivity index (χ1) is 8.74. The van der Waals surface area contributed by atoms with Crippen molar-refractivity contribution in [3.63, 3.8) is 0 Å². The minimum absolute atomic E-state index is 0.142. The topological polar surface area (TPSA) is 60.0 Å². The van der Waals surface area contributed by atoms with Gasteiger partial charge >= 0.3 is 0 Å². The molecule has 0 aliphatic heterocycles. The lowest BCUT2D eigenvalue weighted by Gasteiger charge is -2.06. The van der Waals surface area contributed by atoms with Gasteiger partial charge in [0.15, 0.2) is 0 Å². The predicted molar refractivity (Wildman–Crippen MR) is 72.1 cm³/mol. The van der Waals surface area contributed by atoms with Crippen molar-refractivity contribution in [2.75, 3.05) is 5.73 Å². The number of hydrogen-bond donors (Lipinski definition) is 2. The highest BCUT2D eigenvalue weighted by Crippen LogP contribution is 2.22. The van der Waals surface area contributed by atoms with Crippen LogP contribution in [0, 0.1) is 0 Å². The Morgan fingerprint density at radius 2 is 2.22 bits per heavy atom. The lowest BCUT2D eigenvalue weighted by molar-refractivity contribution is -0.121. The fraction of sp³-hybridized carbons (Fsp3) is 0.357. The summed E-state index contributed by atoms with van der Waals surface area (Å²) in [6, 6.07) is 8.31. The second-order valence-corrected chi connectivity index (χ2v) is 4.88. The number of aryl methyl sites for hydroxylation is 1. The van der Waals surface area contributed by atoms with E-state index < -0.39 is 0 Å². The summed E-state index contributed by atoms with van der Waals surface area (Å²) in [6.07, 6.45) is 4.78. The first-order valence-corrected chi connectivity index (χ1v) is 6.37. The highest BCUT2D eigenvalue weighted by atomic mass is 16.1. The van der Waals surface area contributed by atoms with Gasteiger partial charge < -0.3 is 15.6 Å². The van der Waals surface area contributed by atoms with Crippen LogP contribution in [0.25, 0.3) is 10.9 Å². The number of benzene rings is 1. The molecule has 0 atom stereocenters. The molecule has 1 heterocycles. The molecule has 1 fully saturated rings. The van der Waals surface area contributed by atoms with E-state index in [2.05, 4.69) is 9.88 Å². The van der Waals surface area contributed by atoms with E-state index in [9.17, 15) is 4.79 Å². The van der Waals surface area contributed by atoms with E-state index in [1.54, 1.807) is 0 Å². The number of rotatable bonds is 4. The van der Waals surface area contributed by atoms with Gasteiger partial charge in [-0.25, -0.2) is 0 Å². The van der Waals surface area contributed by atoms with Gasteiger partial charge in [-0.15, -0.1) is 0 Å². The van der Waals surface area contributed by atoms with E-state index in [1.807, 2.05) is 30.5 Å². The number of carbonyl (C=O) groups is 1. The Kier molecular flexibility index (Phi) is 2.70. The largest absolute Gasteiger partial charge is 0.398 e. The number of anilines is 1. The maximum atomic E-state index is 11.6. The molecule has 3 N–H and O–H groups in total. The van der Waals surface area contributed by atoms with Gasteiger partial charge in [0, 0.05) is 36.3 Å². The molecule has 4 nitrogen and oxygen atoms in total. The molecule has 1 aliphatic rings. The van der Waals surface area contributed by atoms with Crippen molar-refractivity contribution in [2.24, 2.45) is 0 Å². The Morgan fingerprint density at radius 1 is 1.39 bits per heavy atom. The molecule has 1 aromatic heterocycles. The second-order valence-electron chi connectivity index (χ2n) is 4.88. The van der Waals surface area contributed by atoms with Crippen LogP contribution in [0.15, 0.2) is 30.5 Å². The predicted octanol–water partition coefficient (Wildman–Crippen LogP) is 1.89. The van der Waals surface area contributed by atoms with Gasteiger partial charge in [0.2, 0.25) is 5.91 Å². The van der Waals surface area contributed by atoms with E-state index in [0.29, 0.717) is 19.0 Å². The van der Waals surface area contributed by atoms with Crippen molar-refractivity contribution >= 4 is 22.5 Å². The molecule has 0 bridgehead atoms. The van der Waals surface area contributed by atoms with Crippen molar-refractivity contribution in [1.82, 2.24) is 9.88 Å².